The van der Waals surface area contributed by atoms with Crippen molar-refractivity contribution in [2.24, 2.45) is 0 Å². The fourth-order valence-electron chi connectivity index (χ4n) is 3.75. The zero-order valence-corrected chi connectivity index (χ0v) is 18.7. The molecule has 1 aliphatic rings. The Morgan fingerprint density at radius 1 is 1.10 bits per heavy atom. The van der Waals surface area contributed by atoms with Crippen molar-refractivity contribution in [3.63, 3.8) is 0 Å². The number of carbonyl (C=O) groups is 1. The Morgan fingerprint density at radius 2 is 1.77 bits per heavy atom. The average molecular weight is 431 g/mol. The number of hydrogen-bond acceptors (Lipinski definition) is 4. The molecule has 1 amide bonds. The summed E-state index contributed by atoms with van der Waals surface area (Å²) in [7, 11) is -1.98. The molecule has 1 fully saturated rings. The second-order valence-electron chi connectivity index (χ2n) is 7.65. The smallest absolute Gasteiger partial charge is 0.252 e. The van der Waals surface area contributed by atoms with Crippen molar-refractivity contribution in [1.29, 1.82) is 0 Å². The molecule has 162 valence electrons. The van der Waals surface area contributed by atoms with Crippen LogP contribution in [-0.2, 0) is 10.0 Å². The van der Waals surface area contributed by atoms with Crippen LogP contribution in [-0.4, -0.2) is 38.8 Å². The van der Waals surface area contributed by atoms with Crippen molar-refractivity contribution in [1.82, 2.24) is 9.62 Å². The van der Waals surface area contributed by atoms with Crippen molar-refractivity contribution < 1.29 is 17.9 Å². The summed E-state index contributed by atoms with van der Waals surface area (Å²) >= 11 is 0. The van der Waals surface area contributed by atoms with Crippen LogP contribution in [0.3, 0.4) is 0 Å². The third-order valence-corrected chi connectivity index (χ3v) is 7.53. The Bertz CT molecular complexity index is 981. The molecule has 2 aromatic rings. The van der Waals surface area contributed by atoms with Crippen LogP contribution in [0.15, 0.2) is 47.4 Å². The molecule has 2 aromatic carbocycles. The first-order valence-corrected chi connectivity index (χ1v) is 11.9. The molecule has 0 radical (unpaired) electrons. The summed E-state index contributed by atoms with van der Waals surface area (Å²) in [6.07, 6.45) is 3.51. The summed E-state index contributed by atoms with van der Waals surface area (Å²) in [5.74, 6) is 0.484. The highest BCUT2D eigenvalue weighted by Crippen LogP contribution is 2.24. The highest BCUT2D eigenvalue weighted by Gasteiger charge is 2.27. The number of aryl methyl sites for hydroxylation is 1. The predicted octanol–water partition coefficient (Wildman–Crippen LogP) is 4.06. The van der Waals surface area contributed by atoms with Gasteiger partial charge in [-0.3, -0.25) is 4.79 Å². The van der Waals surface area contributed by atoms with Gasteiger partial charge in [0.1, 0.15) is 5.75 Å². The molecule has 0 saturated carbocycles. The van der Waals surface area contributed by atoms with Crippen LogP contribution in [0.1, 0.15) is 60.1 Å². The van der Waals surface area contributed by atoms with Crippen LogP contribution >= 0.6 is 0 Å². The molecule has 0 aliphatic carbocycles. The first kappa shape index (κ1) is 22.3. The van der Waals surface area contributed by atoms with Crippen LogP contribution in [0.4, 0.5) is 0 Å². The molecule has 7 heteroatoms. The minimum Gasteiger partial charge on any atom is -0.497 e. The molecule has 0 unspecified atom stereocenters. The maximum absolute atomic E-state index is 13.0. The minimum absolute atomic E-state index is 0.176. The summed E-state index contributed by atoms with van der Waals surface area (Å²) < 4.78 is 32.8. The van der Waals surface area contributed by atoms with E-state index in [9.17, 15) is 13.2 Å². The van der Waals surface area contributed by atoms with Crippen LogP contribution in [0.5, 0.6) is 5.75 Å². The molecular formula is C23H30N2O4S. The molecule has 1 heterocycles. The van der Waals surface area contributed by atoms with E-state index in [1.165, 1.54) is 10.4 Å². The number of piperidine rings is 1. The van der Waals surface area contributed by atoms with Gasteiger partial charge >= 0.3 is 0 Å². The summed E-state index contributed by atoms with van der Waals surface area (Å²) in [5.41, 5.74) is 2.11. The number of carbonyl (C=O) groups excluding carboxylic acids is 1. The third-order valence-electron chi connectivity index (χ3n) is 5.64. The lowest BCUT2D eigenvalue weighted by Crippen LogP contribution is -2.36. The Morgan fingerprint density at radius 3 is 2.37 bits per heavy atom. The van der Waals surface area contributed by atoms with Gasteiger partial charge in [-0.2, -0.15) is 4.31 Å². The monoisotopic (exact) mass is 430 g/mol. The second-order valence-corrected chi connectivity index (χ2v) is 9.59. The quantitative estimate of drug-likeness (QED) is 0.719. The van der Waals surface area contributed by atoms with E-state index in [1.54, 1.807) is 19.2 Å². The number of nitrogens with zero attached hydrogens (tertiary/aromatic N) is 1. The summed E-state index contributed by atoms with van der Waals surface area (Å²) in [6.45, 7) is 4.89. The van der Waals surface area contributed by atoms with Gasteiger partial charge in [0.25, 0.3) is 5.91 Å². The lowest BCUT2D eigenvalue weighted by molar-refractivity contribution is 0.0934. The first-order chi connectivity index (χ1) is 14.4. The molecule has 3 rings (SSSR count). The maximum Gasteiger partial charge on any atom is 0.252 e. The van der Waals surface area contributed by atoms with Gasteiger partial charge in [-0.1, -0.05) is 31.5 Å². The average Bonchev–Trinajstić information content (AvgIpc) is 2.78. The van der Waals surface area contributed by atoms with Crippen molar-refractivity contribution in [3.8, 4) is 5.75 Å². The number of methoxy groups -OCH3 is 1. The molecule has 0 spiro atoms. The zero-order chi connectivity index (χ0) is 21.7. The topological polar surface area (TPSA) is 75.7 Å². The lowest BCUT2D eigenvalue weighted by atomic mass is 10.0. The van der Waals surface area contributed by atoms with E-state index in [2.05, 4.69) is 5.32 Å². The van der Waals surface area contributed by atoms with Gasteiger partial charge in [0.2, 0.25) is 10.0 Å². The van der Waals surface area contributed by atoms with E-state index in [-0.39, 0.29) is 16.8 Å². The summed E-state index contributed by atoms with van der Waals surface area (Å²) in [5, 5.41) is 3.05. The molecule has 0 aromatic heterocycles. The Balaban J connectivity index is 1.83. The standard InChI is InChI=1S/C23H30N2O4S/c1-4-22(18-9-11-19(29-3)12-10-18)24-23(26)21-16-20(13-8-17(21)2)30(27,28)25-14-6-5-7-15-25/h8-13,16,22H,4-7,14-15H2,1-3H3,(H,24,26)/t22-/m1/s1. The van der Waals surface area contributed by atoms with Gasteiger partial charge in [0.05, 0.1) is 18.0 Å². The van der Waals surface area contributed by atoms with E-state index in [1.807, 2.05) is 38.1 Å². The van der Waals surface area contributed by atoms with Gasteiger partial charge in [-0.05, 0) is 61.6 Å². The van der Waals surface area contributed by atoms with Crippen LogP contribution in [0, 0.1) is 6.92 Å². The molecule has 0 bridgehead atoms. The van der Waals surface area contributed by atoms with Crippen LogP contribution < -0.4 is 10.1 Å². The molecule has 30 heavy (non-hydrogen) atoms. The second kappa shape index (κ2) is 9.62. The SMILES string of the molecule is CC[C@@H](NC(=O)c1cc(S(=O)(=O)N2CCCCC2)ccc1C)c1ccc(OC)cc1. The van der Waals surface area contributed by atoms with Gasteiger partial charge in [-0.15, -0.1) is 0 Å². The van der Waals surface area contributed by atoms with Gasteiger partial charge < -0.3 is 10.1 Å². The number of hydrogen-bond donors (Lipinski definition) is 1. The lowest BCUT2D eigenvalue weighted by Gasteiger charge is -2.26. The number of nitrogens with one attached hydrogen (secondary N) is 1. The summed E-state index contributed by atoms with van der Waals surface area (Å²) in [6, 6.07) is 12.2. The first-order valence-electron chi connectivity index (χ1n) is 10.4. The van der Waals surface area contributed by atoms with Crippen LogP contribution in [0.2, 0.25) is 0 Å². The number of amides is 1. The maximum atomic E-state index is 13.0. The highest BCUT2D eigenvalue weighted by molar-refractivity contribution is 7.89. The fraction of sp³-hybridized carbons (Fsp3) is 0.435. The third kappa shape index (κ3) is 4.84. The van der Waals surface area contributed by atoms with Gasteiger partial charge in [0.15, 0.2) is 0 Å². The predicted molar refractivity (Wildman–Crippen MR) is 117 cm³/mol. The van der Waals surface area contributed by atoms with Gasteiger partial charge in [-0.25, -0.2) is 8.42 Å². The number of benzene rings is 2. The zero-order valence-electron chi connectivity index (χ0n) is 17.8. The van der Waals surface area contributed by atoms with Crippen molar-refractivity contribution in [3.05, 3.63) is 59.2 Å². The van der Waals surface area contributed by atoms with E-state index in [0.717, 1.165) is 36.1 Å². The number of rotatable bonds is 7. The minimum atomic E-state index is -3.59. The number of ether oxygens (including phenoxy) is 1. The molecular weight excluding hydrogens is 400 g/mol. The van der Waals surface area contributed by atoms with Crippen molar-refractivity contribution in [2.75, 3.05) is 20.2 Å². The normalized spacial score (nSPS) is 16.1. The highest BCUT2D eigenvalue weighted by atomic mass is 32.2. The van der Waals surface area contributed by atoms with E-state index >= 15 is 0 Å². The van der Waals surface area contributed by atoms with E-state index in [0.29, 0.717) is 25.1 Å². The van der Waals surface area contributed by atoms with Crippen molar-refractivity contribution >= 4 is 15.9 Å². The Labute approximate surface area is 179 Å². The summed E-state index contributed by atoms with van der Waals surface area (Å²) in [4.78, 5) is 13.2. The Hall–Kier alpha value is -2.38. The van der Waals surface area contributed by atoms with Gasteiger partial charge in [0, 0.05) is 18.7 Å². The van der Waals surface area contributed by atoms with Crippen LogP contribution in [0.25, 0.3) is 0 Å². The molecule has 1 atom stereocenters. The Kier molecular flexibility index (Phi) is 7.15. The fourth-order valence-corrected chi connectivity index (χ4v) is 5.30. The number of sulfonamides is 1. The molecule has 1 saturated heterocycles. The molecule has 1 N–H and O–H groups in total. The van der Waals surface area contributed by atoms with Crippen molar-refractivity contribution in [2.45, 2.75) is 50.5 Å². The largest absolute Gasteiger partial charge is 0.497 e. The molecule has 1 aliphatic heterocycles. The molecule has 6 nitrogen and oxygen atoms in total. The van der Waals surface area contributed by atoms with E-state index < -0.39 is 10.0 Å². The van der Waals surface area contributed by atoms with E-state index in [4.69, 9.17) is 4.74 Å².